The molecule has 2 aromatic rings. The van der Waals surface area contributed by atoms with Crippen LogP contribution in [-0.4, -0.2) is 31.9 Å². The van der Waals surface area contributed by atoms with E-state index in [0.717, 1.165) is 12.4 Å². The van der Waals surface area contributed by atoms with Gasteiger partial charge in [0.05, 0.1) is 0 Å². The van der Waals surface area contributed by atoms with Crippen molar-refractivity contribution < 1.29 is 23.2 Å². The van der Waals surface area contributed by atoms with Gasteiger partial charge < -0.3 is 10.0 Å². The van der Waals surface area contributed by atoms with E-state index in [1.807, 2.05) is 0 Å². The number of nitrogens with zero attached hydrogens (tertiary/aromatic N) is 3. The van der Waals surface area contributed by atoms with E-state index < -0.39 is 13.4 Å². The summed E-state index contributed by atoms with van der Waals surface area (Å²) in [6.07, 6.45) is -2.83. The van der Waals surface area contributed by atoms with Crippen molar-refractivity contribution in [3.05, 3.63) is 18.5 Å². The Morgan fingerprint density at radius 1 is 1.31 bits per heavy atom. The zero-order valence-corrected chi connectivity index (χ0v) is 7.68. The lowest BCUT2D eigenvalue weighted by atomic mass is 9.81. The number of fused-ring (bicyclic) bond motifs is 1. The third kappa shape index (κ3) is 1.86. The van der Waals surface area contributed by atoms with Crippen molar-refractivity contribution in [2.75, 3.05) is 0 Å². The van der Waals surface area contributed by atoms with E-state index >= 15 is 0 Å². The van der Waals surface area contributed by atoms with Gasteiger partial charge >= 0.3 is 13.4 Å². The van der Waals surface area contributed by atoms with Crippen molar-refractivity contribution in [1.82, 2.24) is 14.8 Å². The van der Waals surface area contributed by atoms with E-state index in [1.54, 1.807) is 0 Å². The van der Waals surface area contributed by atoms with E-state index in [4.69, 9.17) is 10.0 Å². The van der Waals surface area contributed by atoms with Gasteiger partial charge in [0.2, 0.25) is 0 Å². The molecule has 0 aliphatic rings. The van der Waals surface area contributed by atoms with Crippen molar-refractivity contribution in [2.24, 2.45) is 0 Å². The fourth-order valence-corrected chi connectivity index (χ4v) is 1.20. The molecular formula is C7H5BF3N3O2. The van der Waals surface area contributed by atoms with Crippen LogP contribution in [0.1, 0.15) is 0 Å². The number of hydrogen-bond acceptors (Lipinski definition) is 4. The van der Waals surface area contributed by atoms with Gasteiger partial charge in [-0.3, -0.25) is 0 Å². The molecule has 16 heavy (non-hydrogen) atoms. The molecule has 0 aliphatic heterocycles. The first-order chi connectivity index (χ1) is 7.38. The first-order valence-corrected chi connectivity index (χ1v) is 4.16. The van der Waals surface area contributed by atoms with E-state index in [0.29, 0.717) is 0 Å². The second kappa shape index (κ2) is 3.46. The third-order valence-electron chi connectivity index (χ3n) is 1.94. The molecule has 2 rings (SSSR count). The predicted molar refractivity (Wildman–Crippen MR) is 48.7 cm³/mol. The van der Waals surface area contributed by atoms with Crippen LogP contribution < -0.4 is 5.46 Å². The van der Waals surface area contributed by atoms with E-state index in [2.05, 4.69) is 10.1 Å². The van der Waals surface area contributed by atoms with Crippen molar-refractivity contribution in [3.63, 3.8) is 0 Å². The summed E-state index contributed by atoms with van der Waals surface area (Å²) >= 11 is 0. The quantitative estimate of drug-likeness (QED) is 0.654. The number of aromatic nitrogens is 3. The molecule has 0 radical (unpaired) electrons. The van der Waals surface area contributed by atoms with Gasteiger partial charge in [0.1, 0.15) is 0 Å². The van der Waals surface area contributed by atoms with Gasteiger partial charge in [0.25, 0.3) is 0 Å². The van der Waals surface area contributed by atoms with Gasteiger partial charge in [0, 0.05) is 23.2 Å². The maximum atomic E-state index is 12.3. The SMILES string of the molecule is OB(O)c1cnc2nn(C(F)(F)F)cc2c1. The minimum atomic E-state index is -4.61. The molecule has 84 valence electrons. The average molecular weight is 231 g/mol. The van der Waals surface area contributed by atoms with E-state index in [1.165, 1.54) is 6.07 Å². The fourth-order valence-electron chi connectivity index (χ4n) is 1.20. The molecule has 0 fully saturated rings. The molecule has 0 saturated carbocycles. The van der Waals surface area contributed by atoms with Crippen molar-refractivity contribution in [2.45, 2.75) is 6.30 Å². The van der Waals surface area contributed by atoms with E-state index in [9.17, 15) is 13.2 Å². The Hall–Kier alpha value is -1.61. The summed E-state index contributed by atoms with van der Waals surface area (Å²) in [6, 6.07) is 1.18. The second-order valence-electron chi connectivity index (χ2n) is 3.10. The van der Waals surface area contributed by atoms with Crippen LogP contribution in [0.25, 0.3) is 11.0 Å². The number of alkyl halides is 3. The maximum Gasteiger partial charge on any atom is 0.504 e. The zero-order valence-electron chi connectivity index (χ0n) is 7.68. The molecule has 9 heteroatoms. The number of hydrogen-bond donors (Lipinski definition) is 2. The van der Waals surface area contributed by atoms with Crippen LogP contribution in [-0.2, 0) is 6.30 Å². The molecule has 2 heterocycles. The third-order valence-corrected chi connectivity index (χ3v) is 1.94. The lowest BCUT2D eigenvalue weighted by Gasteiger charge is -2.03. The number of halogens is 3. The van der Waals surface area contributed by atoms with Crippen LogP contribution in [0.4, 0.5) is 13.2 Å². The Labute approximate surface area is 87.3 Å². The molecule has 0 aromatic carbocycles. The molecule has 2 N–H and O–H groups in total. The Morgan fingerprint density at radius 2 is 2.00 bits per heavy atom. The molecule has 5 nitrogen and oxygen atoms in total. The Morgan fingerprint density at radius 3 is 2.56 bits per heavy atom. The lowest BCUT2D eigenvalue weighted by Crippen LogP contribution is -2.29. The van der Waals surface area contributed by atoms with Gasteiger partial charge in [-0.15, -0.1) is 18.3 Å². The van der Waals surface area contributed by atoms with Crippen molar-refractivity contribution >= 4 is 23.6 Å². The number of rotatable bonds is 1. The normalized spacial score (nSPS) is 12.1. The summed E-state index contributed by atoms with van der Waals surface area (Å²) in [4.78, 5) is 3.58. The highest BCUT2D eigenvalue weighted by Crippen LogP contribution is 2.22. The molecular weight excluding hydrogens is 226 g/mol. The Balaban J connectivity index is 2.54. The first kappa shape index (κ1) is 10.9. The molecule has 0 bridgehead atoms. The smallest absolute Gasteiger partial charge is 0.423 e. The van der Waals surface area contributed by atoms with Gasteiger partial charge in [-0.05, 0) is 6.07 Å². The second-order valence-corrected chi connectivity index (χ2v) is 3.10. The molecule has 0 aliphatic carbocycles. The molecule has 0 atom stereocenters. The maximum absolute atomic E-state index is 12.3. The van der Waals surface area contributed by atoms with Crippen LogP contribution in [0.3, 0.4) is 0 Å². The standard InChI is InChI=1S/C7H5BF3N3O2/c9-7(10,11)14-3-4-1-5(8(15)16)2-12-6(4)13-14/h1-3,15-16H. The highest BCUT2D eigenvalue weighted by molar-refractivity contribution is 6.58. The zero-order chi connectivity index (χ0) is 11.9. The largest absolute Gasteiger partial charge is 0.504 e. The topological polar surface area (TPSA) is 71.2 Å². The van der Waals surface area contributed by atoms with Crippen molar-refractivity contribution in [1.29, 1.82) is 0 Å². The molecule has 0 saturated heterocycles. The van der Waals surface area contributed by atoms with Crippen LogP contribution in [0.15, 0.2) is 18.5 Å². The van der Waals surface area contributed by atoms with Crippen LogP contribution in [0.5, 0.6) is 0 Å². The molecule has 2 aromatic heterocycles. The monoisotopic (exact) mass is 231 g/mol. The van der Waals surface area contributed by atoms with Gasteiger partial charge in [-0.1, -0.05) is 0 Å². The predicted octanol–water partition coefficient (Wildman–Crippen LogP) is -0.413. The molecule has 0 spiro atoms. The highest BCUT2D eigenvalue weighted by atomic mass is 19.4. The minimum absolute atomic E-state index is 0.00854. The van der Waals surface area contributed by atoms with Crippen LogP contribution in [0.2, 0.25) is 0 Å². The summed E-state index contributed by atoms with van der Waals surface area (Å²) in [5, 5.41) is 20.9. The van der Waals surface area contributed by atoms with Gasteiger partial charge in [-0.2, -0.15) is 4.68 Å². The molecule has 0 unspecified atom stereocenters. The minimum Gasteiger partial charge on any atom is -0.423 e. The van der Waals surface area contributed by atoms with Crippen molar-refractivity contribution in [3.8, 4) is 0 Å². The summed E-state index contributed by atoms with van der Waals surface area (Å²) in [5.74, 6) is 0. The Kier molecular flexibility index (Phi) is 2.36. The lowest BCUT2D eigenvalue weighted by molar-refractivity contribution is -0.211. The fraction of sp³-hybridized carbons (Fsp3) is 0.143. The van der Waals surface area contributed by atoms with Gasteiger partial charge in [-0.25, -0.2) is 4.98 Å². The summed E-state index contributed by atoms with van der Waals surface area (Å²) in [5.41, 5.74) is -0.101. The first-order valence-electron chi connectivity index (χ1n) is 4.16. The number of pyridine rings is 1. The van der Waals surface area contributed by atoms with Gasteiger partial charge in [0.15, 0.2) is 5.65 Å². The van der Waals surface area contributed by atoms with Crippen LogP contribution >= 0.6 is 0 Å². The summed E-state index contributed by atoms with van der Waals surface area (Å²) < 4.78 is 36.6. The highest BCUT2D eigenvalue weighted by Gasteiger charge is 2.32. The molecule has 0 amide bonds. The summed E-state index contributed by atoms with van der Waals surface area (Å²) in [7, 11) is -1.77. The van der Waals surface area contributed by atoms with E-state index in [-0.39, 0.29) is 21.2 Å². The average Bonchev–Trinajstić information content (AvgIpc) is 2.58. The summed E-state index contributed by atoms with van der Waals surface area (Å²) in [6.45, 7) is 0. The Bertz CT molecular complexity index is 525. The van der Waals surface area contributed by atoms with Crippen LogP contribution in [0, 0.1) is 0 Å².